The number of sulfone groups is 1. The number of carboxylic acid groups (broad SMARTS) is 1. The van der Waals surface area contributed by atoms with Crippen LogP contribution in [0.1, 0.15) is 46.1 Å². The number of hydrogen-bond donors (Lipinski definition) is 3. The number of ether oxygens (including phenoxy) is 2. The van der Waals surface area contributed by atoms with Crippen LogP contribution in [0.5, 0.6) is 5.75 Å². The number of benzene rings is 3. The van der Waals surface area contributed by atoms with Gasteiger partial charge in [-0.3, -0.25) is 14.9 Å². The molecule has 3 N–H and O–H groups in total. The van der Waals surface area contributed by atoms with Crippen LogP contribution in [0.3, 0.4) is 0 Å². The maximum absolute atomic E-state index is 13.9. The fraction of sp³-hybridized carbons (Fsp3) is 0.289. The number of aliphatic carboxylic acids is 1. The van der Waals surface area contributed by atoms with Crippen LogP contribution < -0.4 is 20.3 Å². The van der Waals surface area contributed by atoms with Crippen LogP contribution in [-0.4, -0.2) is 71.7 Å². The number of carbonyl (C=O) groups excluding carboxylic acids is 2. The second-order valence-electron chi connectivity index (χ2n) is 13.7. The Hall–Kier alpha value is -5.87. The Labute approximate surface area is 311 Å². The number of nitrogens with zero attached hydrogens (tertiary/aromatic N) is 4. The van der Waals surface area contributed by atoms with Gasteiger partial charge in [-0.05, 0) is 78.9 Å². The molecule has 0 spiro atoms. The van der Waals surface area contributed by atoms with Crippen LogP contribution in [0.4, 0.5) is 26.5 Å². The van der Waals surface area contributed by atoms with E-state index in [-0.39, 0.29) is 34.0 Å². The molecule has 0 saturated carbocycles. The fourth-order valence-corrected chi connectivity index (χ4v) is 6.20. The highest BCUT2D eigenvalue weighted by Crippen LogP contribution is 2.36. The van der Waals surface area contributed by atoms with Crippen LogP contribution in [0, 0.1) is 11.2 Å². The molecule has 0 aliphatic heterocycles. The van der Waals surface area contributed by atoms with Gasteiger partial charge in [-0.15, -0.1) is 5.10 Å². The van der Waals surface area contributed by atoms with E-state index >= 15 is 0 Å². The Bertz CT molecular complexity index is 2290. The molecule has 2 heterocycles. The van der Waals surface area contributed by atoms with Gasteiger partial charge in [-0.1, -0.05) is 45.0 Å². The van der Waals surface area contributed by atoms with E-state index in [1.54, 1.807) is 70.3 Å². The number of rotatable bonds is 12. The highest BCUT2D eigenvalue weighted by Gasteiger charge is 2.35. The Morgan fingerprint density at radius 2 is 1.59 bits per heavy atom. The largest absolute Gasteiger partial charge is 0.495 e. The SMILES string of the molecule is COc1cc(S(C)(=O)=O)ccc1N(C(=O)OC(C)N[C@@H](C(=O)O)C(C)(C)C)c1nc2ccc(-c3ccc(NC(=O)[C@H](C)c4ccc(F)cc4)cc3)cn2n1. The zero-order chi connectivity index (χ0) is 39.5. The van der Waals surface area contributed by atoms with Crippen molar-refractivity contribution >= 4 is 50.8 Å². The number of fused-ring (bicyclic) bond motifs is 1. The number of carbonyl (C=O) groups is 3. The topological polar surface area (TPSA) is 182 Å². The van der Waals surface area contributed by atoms with E-state index in [2.05, 4.69) is 20.7 Å². The van der Waals surface area contributed by atoms with Crippen molar-refractivity contribution in [3.05, 3.63) is 96.4 Å². The Morgan fingerprint density at radius 3 is 2.19 bits per heavy atom. The van der Waals surface area contributed by atoms with Gasteiger partial charge in [0.05, 0.1) is 23.6 Å². The van der Waals surface area contributed by atoms with Crippen LogP contribution in [0.2, 0.25) is 0 Å². The smallest absolute Gasteiger partial charge is 0.423 e. The summed E-state index contributed by atoms with van der Waals surface area (Å²) in [5, 5.41) is 20.0. The van der Waals surface area contributed by atoms with Crippen LogP contribution in [-0.2, 0) is 24.2 Å². The van der Waals surface area contributed by atoms with Gasteiger partial charge >= 0.3 is 12.1 Å². The van der Waals surface area contributed by atoms with Gasteiger partial charge in [0.25, 0.3) is 5.95 Å². The molecule has 5 aromatic rings. The number of methoxy groups -OCH3 is 1. The van der Waals surface area contributed by atoms with Gasteiger partial charge in [-0.25, -0.2) is 27.0 Å². The van der Waals surface area contributed by atoms with Gasteiger partial charge in [0.2, 0.25) is 5.91 Å². The van der Waals surface area contributed by atoms with E-state index in [0.29, 0.717) is 16.9 Å². The number of aromatic nitrogens is 3. The van der Waals surface area contributed by atoms with Crippen LogP contribution in [0.15, 0.2) is 90.0 Å². The summed E-state index contributed by atoms with van der Waals surface area (Å²) in [5.41, 5.74) is 2.43. The molecule has 0 radical (unpaired) electrons. The van der Waals surface area contributed by atoms with Gasteiger partial charge in [-0.2, -0.15) is 4.98 Å². The summed E-state index contributed by atoms with van der Waals surface area (Å²) >= 11 is 0. The number of anilines is 3. The van der Waals surface area contributed by atoms with Crippen molar-refractivity contribution in [2.45, 2.75) is 57.7 Å². The lowest BCUT2D eigenvalue weighted by atomic mass is 9.87. The predicted molar refractivity (Wildman–Crippen MR) is 200 cm³/mol. The summed E-state index contributed by atoms with van der Waals surface area (Å²) in [6.07, 6.45) is 0.635. The number of halogens is 1. The molecule has 3 aromatic carbocycles. The van der Waals surface area contributed by atoms with Gasteiger partial charge in [0.15, 0.2) is 21.7 Å². The molecule has 284 valence electrons. The zero-order valence-electron chi connectivity index (χ0n) is 30.7. The lowest BCUT2D eigenvalue weighted by Gasteiger charge is -2.31. The molecule has 0 bridgehead atoms. The minimum atomic E-state index is -3.64. The van der Waals surface area contributed by atoms with E-state index in [1.165, 1.54) is 48.9 Å². The second kappa shape index (κ2) is 15.6. The highest BCUT2D eigenvalue weighted by molar-refractivity contribution is 7.90. The molecule has 2 aromatic heterocycles. The number of amides is 2. The van der Waals surface area contributed by atoms with Gasteiger partial charge in [0, 0.05) is 29.8 Å². The minimum absolute atomic E-state index is 0.00683. The lowest BCUT2D eigenvalue weighted by Crippen LogP contribution is -2.51. The summed E-state index contributed by atoms with van der Waals surface area (Å²) in [6, 6.07) is 19.2. The maximum atomic E-state index is 13.9. The molecule has 3 atom stereocenters. The van der Waals surface area contributed by atoms with E-state index in [1.807, 2.05) is 12.1 Å². The Kier molecular flexibility index (Phi) is 11.4. The molecule has 54 heavy (non-hydrogen) atoms. The van der Waals surface area contributed by atoms with Crippen molar-refractivity contribution < 1.29 is 41.8 Å². The van der Waals surface area contributed by atoms with Crippen molar-refractivity contribution in [2.24, 2.45) is 5.41 Å². The van der Waals surface area contributed by atoms with Crippen LogP contribution in [0.25, 0.3) is 16.8 Å². The third kappa shape index (κ3) is 9.01. The Balaban J connectivity index is 1.44. The van der Waals surface area contributed by atoms with E-state index in [9.17, 15) is 32.3 Å². The first-order chi connectivity index (χ1) is 25.3. The average molecular weight is 761 g/mol. The third-order valence-electron chi connectivity index (χ3n) is 8.56. The van der Waals surface area contributed by atoms with E-state index in [0.717, 1.165) is 22.3 Å². The molecule has 0 aliphatic carbocycles. The highest BCUT2D eigenvalue weighted by atomic mass is 32.2. The summed E-state index contributed by atoms with van der Waals surface area (Å²) in [6.45, 7) is 8.40. The summed E-state index contributed by atoms with van der Waals surface area (Å²) in [5.74, 6) is -2.41. The zero-order valence-corrected chi connectivity index (χ0v) is 31.5. The van der Waals surface area contributed by atoms with Crippen LogP contribution >= 0.6 is 0 Å². The average Bonchev–Trinajstić information content (AvgIpc) is 3.53. The first kappa shape index (κ1) is 39.3. The molecule has 16 heteroatoms. The Morgan fingerprint density at radius 1 is 0.944 bits per heavy atom. The number of nitrogens with one attached hydrogen (secondary N) is 2. The standard InChI is InChI=1S/C38H41FN6O8S/c1-22(24-8-13-27(39)14-9-24)34(46)41-28-15-10-25(11-16-28)26-12-19-32-42-36(43-44(32)21-26)45(30-18-17-29(54(7,50)51)20-31(30)52-6)37(49)53-23(2)40-33(35(47)48)38(3,4)5/h8-23,33,40H,1-7H3,(H,41,46)(H,47,48)/t22-,23?,33+/m1/s1. The minimum Gasteiger partial charge on any atom is -0.495 e. The molecule has 1 unspecified atom stereocenters. The van der Waals surface area contributed by atoms with E-state index in [4.69, 9.17) is 9.47 Å². The molecule has 0 fully saturated rings. The van der Waals surface area contributed by atoms with Gasteiger partial charge in [0.1, 0.15) is 17.6 Å². The molecule has 2 amide bonds. The first-order valence-electron chi connectivity index (χ1n) is 16.8. The molecular formula is C38H41FN6O8S. The quantitative estimate of drug-likeness (QED) is 0.120. The fourth-order valence-electron chi connectivity index (χ4n) is 5.56. The molecule has 5 rings (SSSR count). The normalized spacial score (nSPS) is 13.5. The second-order valence-corrected chi connectivity index (χ2v) is 15.8. The number of pyridine rings is 1. The molecular weight excluding hydrogens is 720 g/mol. The van der Waals surface area contributed by atoms with Crippen molar-refractivity contribution in [1.82, 2.24) is 19.9 Å². The third-order valence-corrected chi connectivity index (χ3v) is 9.67. The van der Waals surface area contributed by atoms with Crippen molar-refractivity contribution in [3.63, 3.8) is 0 Å². The molecule has 14 nitrogen and oxygen atoms in total. The lowest BCUT2D eigenvalue weighted by molar-refractivity contribution is -0.143. The number of carboxylic acids is 1. The van der Waals surface area contributed by atoms with E-state index < -0.39 is 45.5 Å². The summed E-state index contributed by atoms with van der Waals surface area (Å²) in [4.78, 5) is 44.3. The van der Waals surface area contributed by atoms with Crippen molar-refractivity contribution in [1.29, 1.82) is 0 Å². The first-order valence-corrected chi connectivity index (χ1v) is 18.7. The summed E-state index contributed by atoms with van der Waals surface area (Å²) < 4.78 is 50.6. The number of hydrogen-bond acceptors (Lipinski definition) is 10. The van der Waals surface area contributed by atoms with Crippen molar-refractivity contribution in [2.75, 3.05) is 23.6 Å². The van der Waals surface area contributed by atoms with Crippen molar-refractivity contribution in [3.8, 4) is 16.9 Å². The predicted octanol–water partition coefficient (Wildman–Crippen LogP) is 6.40. The molecule has 0 saturated heterocycles. The van der Waals surface area contributed by atoms with Gasteiger partial charge < -0.3 is 19.9 Å². The monoisotopic (exact) mass is 760 g/mol. The summed E-state index contributed by atoms with van der Waals surface area (Å²) in [7, 11) is -2.33. The maximum Gasteiger partial charge on any atom is 0.423 e. The molecule has 0 aliphatic rings.